The van der Waals surface area contributed by atoms with E-state index >= 15 is 0 Å². The van der Waals surface area contributed by atoms with E-state index in [9.17, 15) is 0 Å². The Morgan fingerprint density at radius 2 is 1.80 bits per heavy atom. The molecule has 0 fully saturated rings. The summed E-state index contributed by atoms with van der Waals surface area (Å²) in [6.45, 7) is 6.48. The van der Waals surface area contributed by atoms with Gasteiger partial charge in [0, 0.05) is 5.69 Å². The van der Waals surface area contributed by atoms with Crippen LogP contribution >= 0.6 is 0 Å². The molecule has 0 aliphatic rings. The maximum Gasteiger partial charge on any atom is 0.123 e. The van der Waals surface area contributed by atoms with Crippen molar-refractivity contribution in [3.8, 4) is 5.75 Å². The molecule has 20 heavy (non-hydrogen) atoms. The van der Waals surface area contributed by atoms with Crippen LogP contribution in [0.1, 0.15) is 50.3 Å². The summed E-state index contributed by atoms with van der Waals surface area (Å²) < 4.78 is 6.15. The second kappa shape index (κ2) is 6.47. The third kappa shape index (κ3) is 3.32. The number of nitrogens with two attached hydrogens (primary N) is 1. The van der Waals surface area contributed by atoms with Crippen molar-refractivity contribution in [3.63, 3.8) is 0 Å². The van der Waals surface area contributed by atoms with Crippen molar-refractivity contribution >= 4 is 5.69 Å². The van der Waals surface area contributed by atoms with E-state index in [0.29, 0.717) is 5.92 Å². The highest BCUT2D eigenvalue weighted by atomic mass is 16.5. The Kier molecular flexibility index (Phi) is 4.67. The van der Waals surface area contributed by atoms with Gasteiger partial charge in [-0.25, -0.2) is 0 Å². The monoisotopic (exact) mass is 269 g/mol. The van der Waals surface area contributed by atoms with Crippen LogP contribution in [0, 0.1) is 0 Å². The molecule has 0 amide bonds. The molecule has 106 valence electrons. The first-order valence-electron chi connectivity index (χ1n) is 7.22. The summed E-state index contributed by atoms with van der Waals surface area (Å²) in [4.78, 5) is 0. The Labute approximate surface area is 121 Å². The van der Waals surface area contributed by atoms with Crippen LogP contribution in [0.3, 0.4) is 0 Å². The van der Waals surface area contributed by atoms with Crippen molar-refractivity contribution < 1.29 is 4.74 Å². The van der Waals surface area contributed by atoms with Crippen LogP contribution in [0.25, 0.3) is 0 Å². The van der Waals surface area contributed by atoms with Crippen molar-refractivity contribution in [2.75, 3.05) is 5.73 Å². The first-order chi connectivity index (χ1) is 9.61. The lowest BCUT2D eigenvalue weighted by Gasteiger charge is -2.20. The SMILES string of the molecule is CCC(C)c1ccccc1OC(C)c1cccc(N)c1. The highest BCUT2D eigenvalue weighted by molar-refractivity contribution is 5.42. The summed E-state index contributed by atoms with van der Waals surface area (Å²) in [7, 11) is 0. The highest BCUT2D eigenvalue weighted by Crippen LogP contribution is 2.31. The molecule has 2 aromatic carbocycles. The van der Waals surface area contributed by atoms with Crippen LogP contribution in [0.4, 0.5) is 5.69 Å². The topological polar surface area (TPSA) is 35.2 Å². The summed E-state index contributed by atoms with van der Waals surface area (Å²) in [6, 6.07) is 16.2. The second-order valence-electron chi connectivity index (χ2n) is 5.28. The molecule has 2 rings (SSSR count). The minimum Gasteiger partial charge on any atom is -0.486 e. The van der Waals surface area contributed by atoms with E-state index in [-0.39, 0.29) is 6.10 Å². The smallest absolute Gasteiger partial charge is 0.123 e. The molecule has 0 spiro atoms. The predicted molar refractivity (Wildman–Crippen MR) is 85.0 cm³/mol. The first-order valence-corrected chi connectivity index (χ1v) is 7.22. The van der Waals surface area contributed by atoms with E-state index in [1.54, 1.807) is 0 Å². The van der Waals surface area contributed by atoms with Gasteiger partial charge < -0.3 is 10.5 Å². The van der Waals surface area contributed by atoms with Gasteiger partial charge in [0.2, 0.25) is 0 Å². The quantitative estimate of drug-likeness (QED) is 0.782. The predicted octanol–water partition coefficient (Wildman–Crippen LogP) is 4.92. The van der Waals surface area contributed by atoms with E-state index in [1.165, 1.54) is 5.56 Å². The van der Waals surface area contributed by atoms with Gasteiger partial charge in [0.1, 0.15) is 11.9 Å². The fourth-order valence-electron chi connectivity index (χ4n) is 2.29. The zero-order chi connectivity index (χ0) is 14.5. The fraction of sp³-hybridized carbons (Fsp3) is 0.333. The number of para-hydroxylation sites is 1. The molecule has 0 aliphatic heterocycles. The van der Waals surface area contributed by atoms with Gasteiger partial charge in [0.25, 0.3) is 0 Å². The number of ether oxygens (including phenoxy) is 1. The minimum atomic E-state index is -0.0105. The average molecular weight is 269 g/mol. The Hall–Kier alpha value is -1.96. The van der Waals surface area contributed by atoms with Crippen molar-refractivity contribution in [1.82, 2.24) is 0 Å². The molecule has 2 N–H and O–H groups in total. The molecular formula is C18H23NO. The molecule has 0 bridgehead atoms. The Balaban J connectivity index is 2.21. The standard InChI is InChI=1S/C18H23NO/c1-4-13(2)17-10-5-6-11-18(17)20-14(3)15-8-7-9-16(19)12-15/h5-14H,4,19H2,1-3H3. The molecule has 2 nitrogen and oxygen atoms in total. The number of hydrogen-bond acceptors (Lipinski definition) is 2. The van der Waals surface area contributed by atoms with Gasteiger partial charge in [-0.1, -0.05) is 44.2 Å². The summed E-state index contributed by atoms with van der Waals surface area (Å²) in [5.74, 6) is 1.47. The molecule has 2 unspecified atom stereocenters. The van der Waals surface area contributed by atoms with Gasteiger partial charge in [-0.2, -0.15) is 0 Å². The lowest BCUT2D eigenvalue weighted by molar-refractivity contribution is 0.223. The maximum absolute atomic E-state index is 6.15. The Bertz CT molecular complexity index is 565. The fourth-order valence-corrected chi connectivity index (χ4v) is 2.29. The van der Waals surface area contributed by atoms with Crippen LogP contribution in [0.2, 0.25) is 0 Å². The normalized spacial score (nSPS) is 13.8. The second-order valence-corrected chi connectivity index (χ2v) is 5.28. The molecule has 0 radical (unpaired) electrons. The van der Waals surface area contributed by atoms with Gasteiger partial charge in [-0.15, -0.1) is 0 Å². The van der Waals surface area contributed by atoms with Gasteiger partial charge in [0.05, 0.1) is 0 Å². The van der Waals surface area contributed by atoms with Gasteiger partial charge in [-0.05, 0) is 48.6 Å². The summed E-state index contributed by atoms with van der Waals surface area (Å²) in [5, 5.41) is 0. The molecule has 0 aliphatic carbocycles. The lowest BCUT2D eigenvalue weighted by atomic mass is 9.97. The summed E-state index contributed by atoms with van der Waals surface area (Å²) in [5.41, 5.74) is 8.98. The van der Waals surface area contributed by atoms with Crippen LogP contribution in [0.15, 0.2) is 48.5 Å². The molecule has 2 heteroatoms. The van der Waals surface area contributed by atoms with Crippen LogP contribution in [0.5, 0.6) is 5.75 Å². The lowest BCUT2D eigenvalue weighted by Crippen LogP contribution is -2.06. The molecule has 0 saturated heterocycles. The van der Waals surface area contributed by atoms with E-state index in [4.69, 9.17) is 10.5 Å². The average Bonchev–Trinajstić information content (AvgIpc) is 2.47. The number of hydrogen-bond donors (Lipinski definition) is 1. The molecule has 0 heterocycles. The molecule has 0 saturated carbocycles. The molecule has 2 aromatic rings. The van der Waals surface area contributed by atoms with Gasteiger partial charge in [0.15, 0.2) is 0 Å². The van der Waals surface area contributed by atoms with Gasteiger partial charge >= 0.3 is 0 Å². The first kappa shape index (κ1) is 14.4. The van der Waals surface area contributed by atoms with Crippen LogP contribution in [-0.4, -0.2) is 0 Å². The number of rotatable bonds is 5. The van der Waals surface area contributed by atoms with Gasteiger partial charge in [-0.3, -0.25) is 0 Å². The minimum absolute atomic E-state index is 0.0105. The van der Waals surface area contributed by atoms with E-state index in [1.807, 2.05) is 36.4 Å². The number of benzene rings is 2. The number of nitrogen functional groups attached to an aromatic ring is 1. The maximum atomic E-state index is 6.15. The van der Waals surface area contributed by atoms with Crippen molar-refractivity contribution in [3.05, 3.63) is 59.7 Å². The van der Waals surface area contributed by atoms with Crippen molar-refractivity contribution in [2.45, 2.75) is 39.2 Å². The highest BCUT2D eigenvalue weighted by Gasteiger charge is 2.13. The van der Waals surface area contributed by atoms with Crippen LogP contribution < -0.4 is 10.5 Å². The Morgan fingerprint density at radius 1 is 1.05 bits per heavy atom. The third-order valence-corrected chi connectivity index (χ3v) is 3.75. The zero-order valence-electron chi connectivity index (χ0n) is 12.5. The zero-order valence-corrected chi connectivity index (χ0v) is 12.5. The molecular weight excluding hydrogens is 246 g/mol. The van der Waals surface area contributed by atoms with E-state index in [2.05, 4.69) is 32.9 Å². The molecule has 0 aromatic heterocycles. The van der Waals surface area contributed by atoms with Crippen LogP contribution in [-0.2, 0) is 0 Å². The largest absolute Gasteiger partial charge is 0.486 e. The Morgan fingerprint density at radius 3 is 2.50 bits per heavy atom. The molecule has 2 atom stereocenters. The number of anilines is 1. The van der Waals surface area contributed by atoms with E-state index < -0.39 is 0 Å². The van der Waals surface area contributed by atoms with E-state index in [0.717, 1.165) is 23.4 Å². The summed E-state index contributed by atoms with van der Waals surface area (Å²) in [6.07, 6.45) is 1.09. The third-order valence-electron chi connectivity index (χ3n) is 3.75. The summed E-state index contributed by atoms with van der Waals surface area (Å²) >= 11 is 0. The van der Waals surface area contributed by atoms with Crippen molar-refractivity contribution in [2.24, 2.45) is 0 Å². The van der Waals surface area contributed by atoms with Crippen molar-refractivity contribution in [1.29, 1.82) is 0 Å².